The molecule has 0 spiro atoms. The molecule has 4 nitrogen and oxygen atoms in total. The molecule has 0 aliphatic heterocycles. The first kappa shape index (κ1) is 18.4. The molecule has 0 heterocycles. The second-order valence-electron chi connectivity index (χ2n) is 5.42. The maximum Gasteiger partial charge on any atom is 0.276 e. The van der Waals surface area contributed by atoms with Crippen LogP contribution in [-0.2, 0) is 4.79 Å². The summed E-state index contributed by atoms with van der Waals surface area (Å²) in [6, 6.07) is 12.5. The molecule has 27 heavy (non-hydrogen) atoms. The van der Waals surface area contributed by atoms with Gasteiger partial charge >= 0.3 is 0 Å². The Morgan fingerprint density at radius 3 is 2.07 bits per heavy atom. The molecule has 0 radical (unpaired) electrons. The van der Waals surface area contributed by atoms with E-state index in [1.54, 1.807) is 23.6 Å². The van der Waals surface area contributed by atoms with Crippen LogP contribution in [0.25, 0.3) is 10.8 Å². The molecule has 0 saturated carbocycles. The van der Waals surface area contributed by atoms with Gasteiger partial charge in [-0.05, 0) is 22.9 Å². The van der Waals surface area contributed by atoms with Crippen LogP contribution in [0.2, 0.25) is 0 Å². The molecule has 9 heteroatoms. The molecule has 2 N–H and O–H groups in total. The normalized spacial score (nSPS) is 10.7. The van der Waals surface area contributed by atoms with Gasteiger partial charge < -0.3 is 4.74 Å². The number of anilines is 1. The summed E-state index contributed by atoms with van der Waals surface area (Å²) < 4.78 is 71.3. The van der Waals surface area contributed by atoms with Crippen molar-refractivity contribution in [2.24, 2.45) is 0 Å². The van der Waals surface area contributed by atoms with E-state index in [0.29, 0.717) is 5.75 Å². The van der Waals surface area contributed by atoms with E-state index in [2.05, 4.69) is 0 Å². The van der Waals surface area contributed by atoms with Crippen molar-refractivity contribution < 1.29 is 31.5 Å². The third-order valence-corrected chi connectivity index (χ3v) is 3.63. The summed E-state index contributed by atoms with van der Waals surface area (Å²) in [7, 11) is 0. The van der Waals surface area contributed by atoms with E-state index in [1.807, 2.05) is 29.7 Å². The lowest BCUT2D eigenvalue weighted by Gasteiger charge is -2.12. The van der Waals surface area contributed by atoms with Crippen LogP contribution in [-0.4, -0.2) is 12.5 Å². The second kappa shape index (κ2) is 7.48. The summed E-state index contributed by atoms with van der Waals surface area (Å²) >= 11 is 0. The van der Waals surface area contributed by atoms with E-state index in [1.165, 1.54) is 0 Å². The van der Waals surface area contributed by atoms with Crippen LogP contribution >= 0.6 is 0 Å². The van der Waals surface area contributed by atoms with Crippen LogP contribution < -0.4 is 15.6 Å². The quantitative estimate of drug-likeness (QED) is 0.303. The smallest absolute Gasteiger partial charge is 0.276 e. The molecule has 0 aliphatic carbocycles. The minimum absolute atomic E-state index is 0.361. The number of halogens is 5. The topological polar surface area (TPSA) is 50.4 Å². The zero-order valence-corrected chi connectivity index (χ0v) is 13.5. The number of ether oxygens (including phenoxy) is 1. The highest BCUT2D eigenvalue weighted by Gasteiger charge is 2.26. The predicted molar refractivity (Wildman–Crippen MR) is 87.4 cm³/mol. The van der Waals surface area contributed by atoms with Crippen molar-refractivity contribution in [3.63, 3.8) is 0 Å². The molecule has 0 bridgehead atoms. The van der Waals surface area contributed by atoms with Gasteiger partial charge in [0.25, 0.3) is 5.91 Å². The maximum atomic E-state index is 13.5. The number of hydrogen-bond donors (Lipinski definition) is 2. The van der Waals surface area contributed by atoms with Gasteiger partial charge in [-0.2, -0.15) is 0 Å². The van der Waals surface area contributed by atoms with Crippen LogP contribution in [0.3, 0.4) is 0 Å². The van der Waals surface area contributed by atoms with Crippen LogP contribution in [0.15, 0.2) is 42.5 Å². The molecule has 0 aromatic heterocycles. The Balaban J connectivity index is 1.63. The molecular formula is C18H11F5N2O2. The van der Waals surface area contributed by atoms with Crippen LogP contribution in [0.1, 0.15) is 0 Å². The average Bonchev–Trinajstić information content (AvgIpc) is 2.69. The molecule has 0 saturated heterocycles. The second-order valence-corrected chi connectivity index (χ2v) is 5.42. The predicted octanol–water partition coefficient (Wildman–Crippen LogP) is 4.06. The fraction of sp³-hybridized carbons (Fsp3) is 0.0556. The number of carbonyl (C=O) groups excluding carboxylic acids is 1. The maximum absolute atomic E-state index is 13.5. The largest absolute Gasteiger partial charge is 0.484 e. The monoisotopic (exact) mass is 382 g/mol. The molecule has 140 valence electrons. The zero-order valence-electron chi connectivity index (χ0n) is 13.5. The van der Waals surface area contributed by atoms with Gasteiger partial charge in [-0.25, -0.2) is 22.0 Å². The molecular weight excluding hydrogens is 371 g/mol. The summed E-state index contributed by atoms with van der Waals surface area (Å²) in [4.78, 5) is 11.7. The Labute approximate surface area is 149 Å². The lowest BCUT2D eigenvalue weighted by atomic mass is 10.1. The van der Waals surface area contributed by atoms with Crippen molar-refractivity contribution in [2.45, 2.75) is 0 Å². The number of benzene rings is 3. The van der Waals surface area contributed by atoms with Gasteiger partial charge in [-0.3, -0.25) is 15.6 Å². The molecule has 0 unspecified atom stereocenters. The lowest BCUT2D eigenvalue weighted by Crippen LogP contribution is -2.34. The number of fused-ring (bicyclic) bond motifs is 1. The highest BCUT2D eigenvalue weighted by atomic mass is 19.2. The Hall–Kier alpha value is -3.36. The number of nitrogens with one attached hydrogen (secondary N) is 2. The fourth-order valence-electron chi connectivity index (χ4n) is 2.29. The van der Waals surface area contributed by atoms with E-state index in [-0.39, 0.29) is 0 Å². The summed E-state index contributed by atoms with van der Waals surface area (Å²) in [6.45, 7) is -0.555. The third kappa shape index (κ3) is 3.76. The highest BCUT2D eigenvalue weighted by Crippen LogP contribution is 2.26. The van der Waals surface area contributed by atoms with Gasteiger partial charge in [0.2, 0.25) is 5.82 Å². The average molecular weight is 382 g/mol. The van der Waals surface area contributed by atoms with E-state index >= 15 is 0 Å². The zero-order chi connectivity index (χ0) is 19.6. The van der Waals surface area contributed by atoms with Gasteiger partial charge in [0.1, 0.15) is 11.4 Å². The van der Waals surface area contributed by atoms with Crippen molar-refractivity contribution in [3.8, 4) is 5.75 Å². The van der Waals surface area contributed by atoms with Crippen LogP contribution in [0.4, 0.5) is 27.6 Å². The minimum atomic E-state index is -2.29. The van der Waals surface area contributed by atoms with Gasteiger partial charge in [0.15, 0.2) is 29.9 Å². The fourth-order valence-corrected chi connectivity index (χ4v) is 2.29. The molecule has 0 atom stereocenters. The number of amides is 1. The molecule has 0 fully saturated rings. The van der Waals surface area contributed by atoms with E-state index in [9.17, 15) is 26.7 Å². The molecule has 3 aromatic carbocycles. The molecule has 3 aromatic rings. The first-order valence-corrected chi connectivity index (χ1v) is 7.56. The number of hydrazine groups is 1. The van der Waals surface area contributed by atoms with E-state index in [0.717, 1.165) is 10.8 Å². The Bertz CT molecular complexity index is 997. The van der Waals surface area contributed by atoms with Gasteiger partial charge in [-0.1, -0.05) is 30.3 Å². The summed E-state index contributed by atoms with van der Waals surface area (Å²) in [5.41, 5.74) is 2.12. The SMILES string of the molecule is O=C(COc1ccc2ccccc2c1)NNc1c(F)c(F)c(F)c(F)c1F. The number of carbonyl (C=O) groups is 1. The number of hydrogen-bond acceptors (Lipinski definition) is 3. The lowest BCUT2D eigenvalue weighted by molar-refractivity contribution is -0.122. The third-order valence-electron chi connectivity index (χ3n) is 3.63. The summed E-state index contributed by atoms with van der Waals surface area (Å²) in [6.07, 6.45) is 0. The van der Waals surface area contributed by atoms with Crippen molar-refractivity contribution in [2.75, 3.05) is 12.0 Å². The van der Waals surface area contributed by atoms with Crippen LogP contribution in [0, 0.1) is 29.1 Å². The van der Waals surface area contributed by atoms with Gasteiger partial charge in [0.05, 0.1) is 0 Å². The Morgan fingerprint density at radius 2 is 1.41 bits per heavy atom. The standard InChI is InChI=1S/C18H11F5N2O2/c19-13-14(20)16(22)18(17(23)15(13)21)25-24-12(26)8-27-11-6-5-9-3-1-2-4-10(9)7-11/h1-7,25H,8H2,(H,24,26). The first-order valence-electron chi connectivity index (χ1n) is 7.56. The molecule has 1 amide bonds. The summed E-state index contributed by atoms with van der Waals surface area (Å²) in [5.74, 6) is -11.3. The highest BCUT2D eigenvalue weighted by molar-refractivity contribution is 5.84. The van der Waals surface area contributed by atoms with Gasteiger partial charge in [0, 0.05) is 0 Å². The van der Waals surface area contributed by atoms with Crippen LogP contribution in [0.5, 0.6) is 5.75 Å². The van der Waals surface area contributed by atoms with Crippen molar-refractivity contribution in [3.05, 3.63) is 71.6 Å². The minimum Gasteiger partial charge on any atom is -0.484 e. The molecule has 0 aliphatic rings. The summed E-state index contributed by atoms with van der Waals surface area (Å²) in [5, 5.41) is 1.83. The Morgan fingerprint density at radius 1 is 0.815 bits per heavy atom. The van der Waals surface area contributed by atoms with E-state index in [4.69, 9.17) is 4.74 Å². The van der Waals surface area contributed by atoms with E-state index < -0.39 is 47.3 Å². The first-order chi connectivity index (χ1) is 12.9. The van der Waals surface area contributed by atoms with Crippen molar-refractivity contribution in [1.29, 1.82) is 0 Å². The van der Waals surface area contributed by atoms with Crippen molar-refractivity contribution in [1.82, 2.24) is 5.43 Å². The van der Waals surface area contributed by atoms with Gasteiger partial charge in [-0.15, -0.1) is 0 Å². The van der Waals surface area contributed by atoms with Crippen molar-refractivity contribution >= 4 is 22.4 Å². The number of rotatable bonds is 5. The Kier molecular flexibility index (Phi) is 5.11. The molecule has 3 rings (SSSR count).